The summed E-state index contributed by atoms with van der Waals surface area (Å²) in [4.78, 5) is 2.53. The molecule has 0 radical (unpaired) electrons. The van der Waals surface area contributed by atoms with Crippen LogP contribution in [0.2, 0.25) is 5.02 Å². The standard InChI is InChI=1S/C15H20ClFN2/c16-13-10-12(4-5-14(13)17)15(11-2-1-3-11)19-8-6-18-7-9-19/h4-5,10-11,15,18H,1-3,6-9H2/t15-/m0/s1. The van der Waals surface area contributed by atoms with Crippen molar-refractivity contribution in [2.24, 2.45) is 5.92 Å². The highest BCUT2D eigenvalue weighted by molar-refractivity contribution is 6.30. The number of benzene rings is 1. The molecule has 0 spiro atoms. The van der Waals surface area contributed by atoms with E-state index in [1.54, 1.807) is 0 Å². The normalized spacial score (nSPS) is 23.1. The lowest BCUT2D eigenvalue weighted by Crippen LogP contribution is -2.47. The van der Waals surface area contributed by atoms with Gasteiger partial charge in [-0.3, -0.25) is 4.90 Å². The lowest BCUT2D eigenvalue weighted by atomic mass is 9.76. The molecule has 1 aromatic rings. The Hall–Kier alpha value is -0.640. The molecule has 0 aromatic heterocycles. The van der Waals surface area contributed by atoms with Gasteiger partial charge in [-0.25, -0.2) is 4.39 Å². The molecule has 1 aromatic carbocycles. The Morgan fingerprint density at radius 2 is 2.00 bits per heavy atom. The van der Waals surface area contributed by atoms with E-state index >= 15 is 0 Å². The van der Waals surface area contributed by atoms with E-state index in [-0.39, 0.29) is 10.8 Å². The fourth-order valence-electron chi connectivity index (χ4n) is 3.19. The minimum Gasteiger partial charge on any atom is -0.314 e. The van der Waals surface area contributed by atoms with Crippen molar-refractivity contribution in [3.63, 3.8) is 0 Å². The summed E-state index contributed by atoms with van der Waals surface area (Å²) in [5.74, 6) is 0.387. The van der Waals surface area contributed by atoms with Crippen LogP contribution in [0, 0.1) is 11.7 Å². The van der Waals surface area contributed by atoms with Crippen LogP contribution >= 0.6 is 11.6 Å². The lowest BCUT2D eigenvalue weighted by Gasteiger charge is -2.43. The number of rotatable bonds is 3. The molecule has 2 fully saturated rings. The van der Waals surface area contributed by atoms with Crippen LogP contribution in [0.1, 0.15) is 30.9 Å². The van der Waals surface area contributed by atoms with Crippen molar-refractivity contribution in [2.45, 2.75) is 25.3 Å². The molecule has 1 aliphatic carbocycles. The molecule has 3 rings (SSSR count). The largest absolute Gasteiger partial charge is 0.314 e. The highest BCUT2D eigenvalue weighted by Gasteiger charge is 2.33. The number of nitrogens with zero attached hydrogens (tertiary/aromatic N) is 1. The summed E-state index contributed by atoms with van der Waals surface area (Å²) < 4.78 is 13.3. The minimum absolute atomic E-state index is 0.247. The van der Waals surface area contributed by atoms with E-state index < -0.39 is 0 Å². The van der Waals surface area contributed by atoms with Gasteiger partial charge in [0.1, 0.15) is 5.82 Å². The molecule has 1 atom stereocenters. The molecule has 1 aliphatic heterocycles. The predicted octanol–water partition coefficient (Wildman–Crippen LogP) is 3.23. The Morgan fingerprint density at radius 1 is 1.26 bits per heavy atom. The Kier molecular flexibility index (Phi) is 4.06. The molecule has 0 amide bonds. The summed E-state index contributed by atoms with van der Waals surface area (Å²) in [6.07, 6.45) is 3.88. The van der Waals surface area contributed by atoms with Crippen LogP contribution in [0.15, 0.2) is 18.2 Å². The number of halogens is 2. The Morgan fingerprint density at radius 3 is 2.58 bits per heavy atom. The van der Waals surface area contributed by atoms with Crippen molar-refractivity contribution < 1.29 is 4.39 Å². The third-order valence-corrected chi connectivity index (χ3v) is 4.72. The van der Waals surface area contributed by atoms with Gasteiger partial charge < -0.3 is 5.32 Å². The third kappa shape index (κ3) is 2.78. The minimum atomic E-state index is -0.321. The van der Waals surface area contributed by atoms with Gasteiger partial charge in [-0.05, 0) is 36.5 Å². The zero-order valence-corrected chi connectivity index (χ0v) is 11.8. The summed E-state index contributed by atoms with van der Waals surface area (Å²) >= 11 is 5.96. The van der Waals surface area contributed by atoms with Gasteiger partial charge in [0.25, 0.3) is 0 Å². The van der Waals surface area contributed by atoms with Crippen molar-refractivity contribution in [3.8, 4) is 0 Å². The van der Waals surface area contributed by atoms with E-state index in [1.165, 1.54) is 30.9 Å². The van der Waals surface area contributed by atoms with Crippen LogP contribution in [0.25, 0.3) is 0 Å². The first-order valence-corrected chi connectivity index (χ1v) is 7.53. The summed E-state index contributed by atoms with van der Waals surface area (Å²) in [6.45, 7) is 4.21. The number of hydrogen-bond acceptors (Lipinski definition) is 2. The lowest BCUT2D eigenvalue weighted by molar-refractivity contribution is 0.0837. The average molecular weight is 283 g/mol. The molecule has 0 bridgehead atoms. The number of piperazine rings is 1. The maximum atomic E-state index is 13.3. The fraction of sp³-hybridized carbons (Fsp3) is 0.600. The Bertz CT molecular complexity index is 442. The van der Waals surface area contributed by atoms with E-state index in [0.29, 0.717) is 12.0 Å². The van der Waals surface area contributed by atoms with Gasteiger partial charge in [0.05, 0.1) is 5.02 Å². The SMILES string of the molecule is Fc1ccc([C@H](C2CCC2)N2CCNCC2)cc1Cl. The maximum Gasteiger partial charge on any atom is 0.141 e. The maximum absolute atomic E-state index is 13.3. The molecule has 2 nitrogen and oxygen atoms in total. The van der Waals surface area contributed by atoms with Crippen LogP contribution in [0.5, 0.6) is 0 Å². The van der Waals surface area contributed by atoms with E-state index in [9.17, 15) is 4.39 Å². The average Bonchev–Trinajstić information content (AvgIpc) is 2.38. The fourth-order valence-corrected chi connectivity index (χ4v) is 3.38. The molecule has 1 N–H and O–H groups in total. The quantitative estimate of drug-likeness (QED) is 0.916. The van der Waals surface area contributed by atoms with Gasteiger partial charge in [0.2, 0.25) is 0 Å². The smallest absolute Gasteiger partial charge is 0.141 e. The molecule has 2 aliphatic rings. The predicted molar refractivity (Wildman–Crippen MR) is 75.9 cm³/mol. The highest BCUT2D eigenvalue weighted by atomic mass is 35.5. The van der Waals surface area contributed by atoms with Crippen LogP contribution < -0.4 is 5.32 Å². The van der Waals surface area contributed by atoms with Crippen LogP contribution in [0.3, 0.4) is 0 Å². The monoisotopic (exact) mass is 282 g/mol. The van der Waals surface area contributed by atoms with Gasteiger partial charge in [0.15, 0.2) is 0 Å². The Labute approximate surface area is 118 Å². The van der Waals surface area contributed by atoms with Crippen LogP contribution in [0.4, 0.5) is 4.39 Å². The first-order valence-electron chi connectivity index (χ1n) is 7.15. The third-order valence-electron chi connectivity index (χ3n) is 4.43. The first kappa shape index (κ1) is 13.3. The second-order valence-corrected chi connectivity index (χ2v) is 6.00. The van der Waals surface area contributed by atoms with Gasteiger partial charge in [-0.1, -0.05) is 24.1 Å². The van der Waals surface area contributed by atoms with Gasteiger partial charge >= 0.3 is 0 Å². The van der Waals surface area contributed by atoms with Crippen molar-refractivity contribution in [1.82, 2.24) is 10.2 Å². The molecule has 1 saturated heterocycles. The molecule has 0 unspecified atom stereocenters. The zero-order chi connectivity index (χ0) is 13.2. The molecule has 104 valence electrons. The highest BCUT2D eigenvalue weighted by Crippen LogP contribution is 2.42. The summed E-state index contributed by atoms with van der Waals surface area (Å²) in [6, 6.07) is 5.65. The molecular weight excluding hydrogens is 263 g/mol. The molecule has 19 heavy (non-hydrogen) atoms. The molecule has 1 saturated carbocycles. The van der Waals surface area contributed by atoms with E-state index in [2.05, 4.69) is 10.2 Å². The summed E-state index contributed by atoms with van der Waals surface area (Å²) in [5, 5.41) is 3.64. The van der Waals surface area contributed by atoms with Crippen molar-refractivity contribution in [3.05, 3.63) is 34.6 Å². The summed E-state index contributed by atoms with van der Waals surface area (Å²) in [7, 11) is 0. The number of nitrogens with one attached hydrogen (secondary N) is 1. The van der Waals surface area contributed by atoms with E-state index in [1.807, 2.05) is 12.1 Å². The van der Waals surface area contributed by atoms with Crippen molar-refractivity contribution in [2.75, 3.05) is 26.2 Å². The van der Waals surface area contributed by atoms with Gasteiger partial charge in [-0.2, -0.15) is 0 Å². The van der Waals surface area contributed by atoms with Gasteiger partial charge in [0, 0.05) is 32.2 Å². The molecule has 4 heteroatoms. The zero-order valence-electron chi connectivity index (χ0n) is 11.0. The number of hydrogen-bond donors (Lipinski definition) is 1. The van der Waals surface area contributed by atoms with Crippen LogP contribution in [-0.2, 0) is 0 Å². The Balaban J connectivity index is 1.86. The molecule has 1 heterocycles. The van der Waals surface area contributed by atoms with Crippen molar-refractivity contribution >= 4 is 11.6 Å². The second kappa shape index (κ2) is 5.78. The van der Waals surface area contributed by atoms with Crippen LogP contribution in [-0.4, -0.2) is 31.1 Å². The second-order valence-electron chi connectivity index (χ2n) is 5.60. The topological polar surface area (TPSA) is 15.3 Å². The van der Waals surface area contributed by atoms with E-state index in [0.717, 1.165) is 26.2 Å². The van der Waals surface area contributed by atoms with Gasteiger partial charge in [-0.15, -0.1) is 0 Å². The van der Waals surface area contributed by atoms with Crippen molar-refractivity contribution in [1.29, 1.82) is 0 Å². The molecular formula is C15H20ClFN2. The summed E-state index contributed by atoms with van der Waals surface area (Å²) in [5.41, 5.74) is 1.18. The van der Waals surface area contributed by atoms with E-state index in [4.69, 9.17) is 11.6 Å². The first-order chi connectivity index (χ1) is 9.25.